The van der Waals surface area contributed by atoms with Crippen molar-refractivity contribution in [3.8, 4) is 0 Å². The predicted octanol–water partition coefficient (Wildman–Crippen LogP) is 2.43. The Hall–Kier alpha value is -0.480. The van der Waals surface area contributed by atoms with Crippen molar-refractivity contribution in [2.45, 2.75) is 17.6 Å². The van der Waals surface area contributed by atoms with E-state index in [9.17, 15) is 4.79 Å². The van der Waals surface area contributed by atoms with Crippen molar-refractivity contribution in [2.75, 3.05) is 0 Å². The summed E-state index contributed by atoms with van der Waals surface area (Å²) in [6.45, 7) is 1.87. The van der Waals surface area contributed by atoms with Gasteiger partial charge in [0.2, 0.25) is 0 Å². The highest BCUT2D eigenvalue weighted by Gasteiger charge is 2.32. The molecule has 1 fully saturated rings. The van der Waals surface area contributed by atoms with Crippen LogP contribution in [0.1, 0.15) is 17.9 Å². The summed E-state index contributed by atoms with van der Waals surface area (Å²) in [4.78, 5) is 11.0. The molecule has 64 valence electrons. The molecular weight excluding hydrogens is 192 g/mol. The van der Waals surface area contributed by atoms with Gasteiger partial charge in [0, 0.05) is 5.56 Å². The fourth-order valence-electron chi connectivity index (χ4n) is 1.03. The molecule has 2 heterocycles. The maximum Gasteiger partial charge on any atom is 0.320 e. The number of carbonyl (C=O) groups is 1. The Balaban J connectivity index is 2.14. The molecule has 0 aromatic carbocycles. The molecule has 1 saturated heterocycles. The molecule has 2 nitrogen and oxygen atoms in total. The second-order valence-corrected chi connectivity index (χ2v) is 4.79. The lowest BCUT2D eigenvalue weighted by molar-refractivity contribution is -0.142. The quantitative estimate of drug-likeness (QED) is 0.651. The van der Waals surface area contributed by atoms with Gasteiger partial charge in [0.1, 0.15) is 5.25 Å². The molecule has 2 unspecified atom stereocenters. The number of carbonyl (C=O) groups excluding carboxylic acids is 1. The fraction of sp³-hybridized carbons (Fsp3) is 0.375. The van der Waals surface area contributed by atoms with Gasteiger partial charge in [0.15, 0.2) is 5.44 Å². The van der Waals surface area contributed by atoms with Gasteiger partial charge < -0.3 is 4.74 Å². The lowest BCUT2D eigenvalue weighted by Crippen LogP contribution is -2.06. The highest BCUT2D eigenvalue weighted by molar-refractivity contribution is 8.01. The van der Waals surface area contributed by atoms with E-state index < -0.39 is 0 Å². The molecule has 2 rings (SSSR count). The number of ether oxygens (including phenoxy) is 1. The van der Waals surface area contributed by atoms with Crippen LogP contribution in [-0.4, -0.2) is 11.2 Å². The van der Waals surface area contributed by atoms with E-state index >= 15 is 0 Å². The first kappa shape index (κ1) is 8.13. The van der Waals surface area contributed by atoms with E-state index in [2.05, 4.69) is 0 Å². The van der Waals surface area contributed by atoms with Crippen LogP contribution >= 0.6 is 23.1 Å². The molecule has 1 aliphatic rings. The van der Waals surface area contributed by atoms with Gasteiger partial charge in [-0.15, -0.1) is 0 Å². The van der Waals surface area contributed by atoms with Crippen LogP contribution in [0.3, 0.4) is 0 Å². The number of thioether (sulfide) groups is 1. The summed E-state index contributed by atoms with van der Waals surface area (Å²) in [5, 5.41) is 3.99. The number of cyclic esters (lactones) is 1. The van der Waals surface area contributed by atoms with Crippen molar-refractivity contribution in [3.05, 3.63) is 22.4 Å². The van der Waals surface area contributed by atoms with Crippen molar-refractivity contribution in [1.82, 2.24) is 0 Å². The van der Waals surface area contributed by atoms with Gasteiger partial charge in [-0.3, -0.25) is 4.79 Å². The lowest BCUT2D eigenvalue weighted by Gasteiger charge is -2.03. The van der Waals surface area contributed by atoms with Gasteiger partial charge in [-0.05, 0) is 23.8 Å². The zero-order valence-electron chi connectivity index (χ0n) is 6.52. The third-order valence-electron chi connectivity index (χ3n) is 1.70. The highest BCUT2D eigenvalue weighted by atomic mass is 32.2. The van der Waals surface area contributed by atoms with Crippen LogP contribution in [0.25, 0.3) is 0 Å². The third-order valence-corrected chi connectivity index (χ3v) is 3.62. The second kappa shape index (κ2) is 3.11. The summed E-state index contributed by atoms with van der Waals surface area (Å²) in [5.74, 6) is -0.101. The maximum absolute atomic E-state index is 11.0. The molecule has 2 atom stereocenters. The smallest absolute Gasteiger partial charge is 0.320 e. The fourth-order valence-corrected chi connectivity index (χ4v) is 2.78. The number of hydrogen-bond donors (Lipinski definition) is 0. The van der Waals surface area contributed by atoms with Gasteiger partial charge in [0.05, 0.1) is 0 Å². The van der Waals surface area contributed by atoms with Crippen molar-refractivity contribution >= 4 is 29.1 Å². The lowest BCUT2D eigenvalue weighted by atomic mass is 10.4. The average molecular weight is 200 g/mol. The topological polar surface area (TPSA) is 26.3 Å². The average Bonchev–Trinajstić information content (AvgIpc) is 2.61. The molecule has 0 N–H and O–H groups in total. The van der Waals surface area contributed by atoms with Crippen molar-refractivity contribution in [1.29, 1.82) is 0 Å². The predicted molar refractivity (Wildman–Crippen MR) is 50.2 cm³/mol. The van der Waals surface area contributed by atoms with E-state index in [0.717, 1.165) is 5.56 Å². The van der Waals surface area contributed by atoms with E-state index in [1.54, 1.807) is 23.1 Å². The summed E-state index contributed by atoms with van der Waals surface area (Å²) in [5.41, 5.74) is 1.03. The maximum atomic E-state index is 11.0. The summed E-state index contributed by atoms with van der Waals surface area (Å²) >= 11 is 3.19. The summed E-state index contributed by atoms with van der Waals surface area (Å²) < 4.78 is 5.15. The first-order valence-corrected chi connectivity index (χ1v) is 5.54. The van der Waals surface area contributed by atoms with E-state index in [0.29, 0.717) is 0 Å². The van der Waals surface area contributed by atoms with Crippen LogP contribution in [0.4, 0.5) is 0 Å². The van der Waals surface area contributed by atoms with E-state index in [1.807, 2.05) is 23.8 Å². The first-order valence-electron chi connectivity index (χ1n) is 3.65. The monoisotopic (exact) mass is 200 g/mol. The number of esters is 1. The molecule has 0 saturated carbocycles. The standard InChI is InChI=1S/C8H8O2S2/c1-5-7(9)10-8(12-5)6-2-3-11-4-6/h2-5,8H,1H3. The number of hydrogen-bond acceptors (Lipinski definition) is 4. The van der Waals surface area contributed by atoms with Gasteiger partial charge in [-0.25, -0.2) is 0 Å². The molecule has 0 aliphatic carbocycles. The van der Waals surface area contributed by atoms with Gasteiger partial charge >= 0.3 is 5.97 Å². The Morgan fingerprint density at radius 1 is 1.58 bits per heavy atom. The van der Waals surface area contributed by atoms with E-state index in [1.165, 1.54) is 0 Å². The van der Waals surface area contributed by atoms with Crippen LogP contribution < -0.4 is 0 Å². The molecule has 1 aliphatic heterocycles. The minimum atomic E-state index is -0.101. The number of thiophene rings is 1. The van der Waals surface area contributed by atoms with Crippen LogP contribution in [0.2, 0.25) is 0 Å². The van der Waals surface area contributed by atoms with E-state index in [-0.39, 0.29) is 16.7 Å². The Kier molecular flexibility index (Phi) is 2.11. The summed E-state index contributed by atoms with van der Waals surface area (Å²) in [6.07, 6.45) is 0. The highest BCUT2D eigenvalue weighted by Crippen LogP contribution is 2.40. The molecule has 0 bridgehead atoms. The van der Waals surface area contributed by atoms with Gasteiger partial charge in [-0.1, -0.05) is 11.8 Å². The molecule has 1 aromatic rings. The van der Waals surface area contributed by atoms with E-state index in [4.69, 9.17) is 4.74 Å². The Morgan fingerprint density at radius 3 is 2.92 bits per heavy atom. The van der Waals surface area contributed by atoms with Crippen LogP contribution in [0, 0.1) is 0 Å². The van der Waals surface area contributed by atoms with Crippen molar-refractivity contribution in [3.63, 3.8) is 0 Å². The molecule has 0 spiro atoms. The molecule has 12 heavy (non-hydrogen) atoms. The van der Waals surface area contributed by atoms with Crippen molar-refractivity contribution in [2.24, 2.45) is 0 Å². The Labute approximate surface area is 78.9 Å². The Morgan fingerprint density at radius 2 is 2.42 bits per heavy atom. The molecule has 0 radical (unpaired) electrons. The SMILES string of the molecule is CC1SC(c2ccsc2)OC1=O. The normalized spacial score (nSPS) is 28.9. The van der Waals surface area contributed by atoms with Gasteiger partial charge in [-0.2, -0.15) is 11.3 Å². The zero-order valence-corrected chi connectivity index (χ0v) is 8.15. The minimum Gasteiger partial charge on any atom is -0.445 e. The minimum absolute atomic E-state index is 0.0186. The molecule has 0 amide bonds. The van der Waals surface area contributed by atoms with Crippen LogP contribution in [-0.2, 0) is 9.53 Å². The summed E-state index contributed by atoms with van der Waals surface area (Å²) in [7, 11) is 0. The largest absolute Gasteiger partial charge is 0.445 e. The summed E-state index contributed by atoms with van der Waals surface area (Å²) in [6, 6.07) is 1.99. The first-order chi connectivity index (χ1) is 5.77. The van der Waals surface area contributed by atoms with Crippen LogP contribution in [0.15, 0.2) is 16.8 Å². The number of rotatable bonds is 1. The second-order valence-electron chi connectivity index (χ2n) is 2.60. The molecule has 1 aromatic heterocycles. The van der Waals surface area contributed by atoms with Crippen molar-refractivity contribution < 1.29 is 9.53 Å². The molecular formula is C8H8O2S2. The molecule has 4 heteroatoms. The Bertz CT molecular complexity index is 281. The van der Waals surface area contributed by atoms with Crippen LogP contribution in [0.5, 0.6) is 0 Å². The zero-order chi connectivity index (χ0) is 8.55. The third kappa shape index (κ3) is 1.36. The van der Waals surface area contributed by atoms with Gasteiger partial charge in [0.25, 0.3) is 0 Å².